The van der Waals surface area contributed by atoms with Gasteiger partial charge in [-0.3, -0.25) is 4.98 Å². The second-order valence-corrected chi connectivity index (χ2v) is 11.1. The Balaban J connectivity index is 0.000000151. The maximum atomic E-state index is 10.7. The Labute approximate surface area is 245 Å². The number of aromatic amines is 1. The molecule has 1 aliphatic rings. The molecule has 1 fully saturated rings. The highest BCUT2D eigenvalue weighted by atomic mass is 79.9. The predicted octanol–water partition coefficient (Wildman–Crippen LogP) is 6.39. The van der Waals surface area contributed by atoms with Crippen LogP contribution in [0, 0.1) is 0 Å². The molecule has 2 aromatic carbocycles. The summed E-state index contributed by atoms with van der Waals surface area (Å²) in [6, 6.07) is 18.5. The van der Waals surface area contributed by atoms with Crippen LogP contribution in [-0.2, 0) is 4.74 Å². The minimum absolute atomic E-state index is 0.216. The molecule has 39 heavy (non-hydrogen) atoms. The van der Waals surface area contributed by atoms with Gasteiger partial charge in [0, 0.05) is 49.6 Å². The molecule has 0 radical (unpaired) electrons. The highest BCUT2D eigenvalue weighted by molar-refractivity contribution is 9.10. The molecular weight excluding hydrogens is 652 g/mol. The van der Waals surface area contributed by atoms with E-state index in [1.807, 2.05) is 36.4 Å². The van der Waals surface area contributed by atoms with Crippen LogP contribution >= 0.6 is 43.2 Å². The van der Waals surface area contributed by atoms with E-state index < -0.39 is 11.9 Å². The number of carboxylic acids is 2. The maximum Gasteiger partial charge on any atom is 0.352 e. The molecule has 0 amide bonds. The molecule has 5 aromatic rings. The molecule has 204 valence electrons. The highest BCUT2D eigenvalue weighted by Crippen LogP contribution is 2.28. The van der Waals surface area contributed by atoms with Crippen molar-refractivity contribution in [3.8, 4) is 0 Å². The van der Waals surface area contributed by atoms with Gasteiger partial charge in [-0.25, -0.2) is 9.59 Å². The van der Waals surface area contributed by atoms with E-state index in [-0.39, 0.29) is 5.69 Å². The van der Waals surface area contributed by atoms with Gasteiger partial charge in [0.05, 0.1) is 12.3 Å². The number of ether oxygens (including phenoxy) is 1. The van der Waals surface area contributed by atoms with Crippen LogP contribution in [0.15, 0.2) is 82.0 Å². The summed E-state index contributed by atoms with van der Waals surface area (Å²) in [5, 5.41) is 19.3. The van der Waals surface area contributed by atoms with Gasteiger partial charge in [0.25, 0.3) is 0 Å². The highest BCUT2D eigenvalue weighted by Gasteiger charge is 2.09. The molecule has 7 N–H and O–H groups in total. The number of thiophene rings is 1. The van der Waals surface area contributed by atoms with Crippen LogP contribution in [0.4, 0.5) is 5.69 Å². The van der Waals surface area contributed by atoms with Crippen LogP contribution in [0.2, 0.25) is 0 Å². The molecule has 0 spiro atoms. The molecule has 3 aromatic heterocycles. The zero-order valence-corrected chi connectivity index (χ0v) is 24.5. The number of fused-ring (bicyclic) bond motifs is 2. The number of carbonyl (C=O) groups is 2. The summed E-state index contributed by atoms with van der Waals surface area (Å²) >= 11 is 7.94. The van der Waals surface area contributed by atoms with Crippen LogP contribution in [0.3, 0.4) is 0 Å². The van der Waals surface area contributed by atoms with Gasteiger partial charge in [-0.15, -0.1) is 11.3 Å². The van der Waals surface area contributed by atoms with Gasteiger partial charge in [0.15, 0.2) is 0 Å². The lowest BCUT2D eigenvalue weighted by molar-refractivity contribution is 0.0685. The van der Waals surface area contributed by atoms with Crippen molar-refractivity contribution in [2.24, 2.45) is 5.73 Å². The summed E-state index contributed by atoms with van der Waals surface area (Å²) in [4.78, 5) is 28.2. The second-order valence-electron chi connectivity index (χ2n) is 8.23. The SMILES string of the molecule is NC1CCOC1.Nc1cccnc1.O=C(O)c1cc2ccc(Br)cc2[nH]1.O=C(O)c1cc2ccc(Br)cc2s1. The average Bonchev–Trinajstić information content (AvgIpc) is 3.65. The number of nitrogen functional groups attached to an aromatic ring is 1. The van der Waals surface area contributed by atoms with Crippen LogP contribution in [-0.4, -0.2) is 51.4 Å². The van der Waals surface area contributed by atoms with E-state index in [1.54, 1.807) is 36.7 Å². The predicted molar refractivity (Wildman–Crippen MR) is 162 cm³/mol. The Morgan fingerprint density at radius 1 is 1.00 bits per heavy atom. The van der Waals surface area contributed by atoms with Crippen molar-refractivity contribution in [2.75, 3.05) is 18.9 Å². The van der Waals surface area contributed by atoms with Crippen molar-refractivity contribution >= 4 is 81.8 Å². The number of hydrogen-bond donors (Lipinski definition) is 5. The number of nitrogens with two attached hydrogens (primary N) is 2. The molecular formula is C27H26Br2N4O5S. The van der Waals surface area contributed by atoms with E-state index >= 15 is 0 Å². The van der Waals surface area contributed by atoms with Crippen LogP contribution in [0.1, 0.15) is 26.6 Å². The fraction of sp³-hybridized carbons (Fsp3) is 0.148. The van der Waals surface area contributed by atoms with Gasteiger partial charge >= 0.3 is 11.9 Å². The molecule has 12 heteroatoms. The topological polar surface area (TPSA) is 165 Å². The Morgan fingerprint density at radius 3 is 2.23 bits per heavy atom. The van der Waals surface area contributed by atoms with Gasteiger partial charge in [0.1, 0.15) is 10.6 Å². The molecule has 6 rings (SSSR count). The molecule has 9 nitrogen and oxygen atoms in total. The minimum atomic E-state index is -0.938. The number of rotatable bonds is 2. The number of aromatic nitrogens is 2. The normalized spacial score (nSPS) is 13.9. The van der Waals surface area contributed by atoms with Crippen molar-refractivity contribution in [2.45, 2.75) is 12.5 Å². The van der Waals surface area contributed by atoms with Crippen LogP contribution < -0.4 is 11.5 Å². The second kappa shape index (κ2) is 14.8. The first kappa shape index (κ1) is 30.3. The van der Waals surface area contributed by atoms with Gasteiger partial charge in [0.2, 0.25) is 0 Å². The summed E-state index contributed by atoms with van der Waals surface area (Å²) < 4.78 is 7.82. The number of benzene rings is 2. The molecule has 1 unspecified atom stereocenters. The van der Waals surface area contributed by atoms with E-state index in [0.29, 0.717) is 16.6 Å². The van der Waals surface area contributed by atoms with Crippen molar-refractivity contribution < 1.29 is 24.5 Å². The number of hydrogen-bond acceptors (Lipinski definition) is 7. The van der Waals surface area contributed by atoms with Crippen LogP contribution in [0.25, 0.3) is 21.0 Å². The quantitative estimate of drug-likeness (QED) is 0.143. The van der Waals surface area contributed by atoms with Crippen LogP contribution in [0.5, 0.6) is 0 Å². The number of pyridine rings is 1. The minimum Gasteiger partial charge on any atom is -0.477 e. The third-order valence-electron chi connectivity index (χ3n) is 5.16. The lowest BCUT2D eigenvalue weighted by Crippen LogP contribution is -2.18. The largest absolute Gasteiger partial charge is 0.477 e. The number of carboxylic acid groups (broad SMARTS) is 2. The zero-order valence-electron chi connectivity index (χ0n) is 20.5. The van der Waals surface area contributed by atoms with E-state index in [0.717, 1.165) is 49.6 Å². The first-order valence-corrected chi connectivity index (χ1v) is 14.0. The average molecular weight is 678 g/mol. The summed E-state index contributed by atoms with van der Waals surface area (Å²) in [5.41, 5.74) is 12.5. The van der Waals surface area contributed by atoms with Crippen molar-refractivity contribution in [1.82, 2.24) is 9.97 Å². The van der Waals surface area contributed by atoms with E-state index in [9.17, 15) is 9.59 Å². The fourth-order valence-electron chi connectivity index (χ4n) is 3.25. The number of H-pyrrole nitrogens is 1. The smallest absolute Gasteiger partial charge is 0.352 e. The lowest BCUT2D eigenvalue weighted by Gasteiger charge is -1.90. The molecule has 4 heterocycles. The summed E-state index contributed by atoms with van der Waals surface area (Å²) in [6.07, 6.45) is 4.34. The Bertz CT molecular complexity index is 1450. The number of nitrogens with one attached hydrogen (secondary N) is 1. The molecule has 1 aliphatic heterocycles. The molecule has 0 aliphatic carbocycles. The van der Waals surface area contributed by atoms with Gasteiger partial charge in [-0.1, -0.05) is 44.0 Å². The molecule has 1 atom stereocenters. The number of halogens is 2. The van der Waals surface area contributed by atoms with Crippen molar-refractivity contribution in [3.63, 3.8) is 0 Å². The van der Waals surface area contributed by atoms with Gasteiger partial charge < -0.3 is 31.4 Å². The third-order valence-corrected chi connectivity index (χ3v) is 7.23. The molecule has 1 saturated heterocycles. The van der Waals surface area contributed by atoms with E-state index in [1.165, 1.54) is 11.3 Å². The molecule has 0 saturated carbocycles. The van der Waals surface area contributed by atoms with Gasteiger partial charge in [-0.2, -0.15) is 0 Å². The monoisotopic (exact) mass is 676 g/mol. The number of anilines is 1. The standard InChI is InChI=1S/C9H6BrNO2.C9H5BrO2S.C5H6N2.C4H9NO/c10-6-2-1-5-3-8(9(12)13)11-7(5)4-6;10-6-2-1-5-3-8(9(11)12)13-7(5)4-6;6-5-2-1-3-7-4-5;5-4-1-2-6-3-4/h1-4,11H,(H,12,13);1-4H,(H,11,12);1-4H,6H2;4H,1-3,5H2. The maximum absolute atomic E-state index is 10.7. The third kappa shape index (κ3) is 9.75. The summed E-state index contributed by atoms with van der Waals surface area (Å²) in [6.45, 7) is 1.63. The Hall–Kier alpha value is -3.29. The zero-order chi connectivity index (χ0) is 28.4. The first-order chi connectivity index (χ1) is 18.6. The van der Waals surface area contributed by atoms with Crippen molar-refractivity contribution in [1.29, 1.82) is 0 Å². The Kier molecular flexibility index (Phi) is 11.4. The molecule has 0 bridgehead atoms. The number of aromatic carboxylic acids is 2. The summed E-state index contributed by atoms with van der Waals surface area (Å²) in [7, 11) is 0. The van der Waals surface area contributed by atoms with E-state index in [2.05, 4.69) is 41.8 Å². The Morgan fingerprint density at radius 2 is 1.72 bits per heavy atom. The van der Waals surface area contributed by atoms with E-state index in [4.69, 9.17) is 26.4 Å². The lowest BCUT2D eigenvalue weighted by atomic mass is 10.2. The summed E-state index contributed by atoms with van der Waals surface area (Å²) in [5.74, 6) is -1.80. The van der Waals surface area contributed by atoms with Crippen molar-refractivity contribution in [3.05, 3.63) is 92.6 Å². The number of nitrogens with zero attached hydrogens (tertiary/aromatic N) is 1. The first-order valence-electron chi connectivity index (χ1n) is 11.5. The van der Waals surface area contributed by atoms with Gasteiger partial charge in [-0.05, 0) is 60.3 Å². The fourth-order valence-corrected chi connectivity index (χ4v) is 5.07.